The molecule has 0 saturated heterocycles. The van der Waals surface area contributed by atoms with Crippen molar-refractivity contribution in [2.24, 2.45) is 0 Å². The van der Waals surface area contributed by atoms with Crippen LogP contribution in [0.1, 0.15) is 0 Å². The summed E-state index contributed by atoms with van der Waals surface area (Å²) in [6.45, 7) is 0. The summed E-state index contributed by atoms with van der Waals surface area (Å²) in [5, 5.41) is 2.03. The highest BCUT2D eigenvalue weighted by Crippen LogP contribution is 2.73. The molecule has 5 heteroatoms. The quantitative estimate of drug-likeness (QED) is 0.171. The van der Waals surface area contributed by atoms with Gasteiger partial charge >= 0.3 is 0 Å². The number of hydrogen-bond donors (Lipinski definition) is 0. The van der Waals surface area contributed by atoms with Crippen LogP contribution in [-0.4, -0.2) is 15.0 Å². The average molecular weight is 662 g/mol. The van der Waals surface area contributed by atoms with Gasteiger partial charge in [-0.3, -0.25) is 0 Å². The fourth-order valence-electron chi connectivity index (χ4n) is 6.82. The van der Waals surface area contributed by atoms with Crippen molar-refractivity contribution in [3.63, 3.8) is 0 Å². The lowest BCUT2D eigenvalue weighted by atomic mass is 10.1. The van der Waals surface area contributed by atoms with Crippen LogP contribution in [0.4, 0.5) is 0 Å². The molecular weight excluding hydrogens is 631 g/mol. The summed E-state index contributed by atoms with van der Waals surface area (Å²) in [7, 11) is -1.90. The molecule has 0 saturated carbocycles. The molecule has 0 aliphatic carbocycles. The van der Waals surface area contributed by atoms with Crippen LogP contribution in [0.5, 0.6) is 0 Å². The third kappa shape index (κ3) is 5.07. The molecular formula is C45H31N3OS. The summed E-state index contributed by atoms with van der Waals surface area (Å²) in [5.74, 6) is 1.83. The van der Waals surface area contributed by atoms with Gasteiger partial charge in [0.25, 0.3) is 0 Å². The topological polar surface area (TPSA) is 51.8 Å². The molecule has 9 aromatic rings. The second-order valence-corrected chi connectivity index (χ2v) is 15.1. The molecule has 4 nitrogen and oxygen atoms in total. The van der Waals surface area contributed by atoms with Gasteiger partial charge in [0.05, 0.1) is 0 Å². The summed E-state index contributed by atoms with van der Waals surface area (Å²) in [6, 6.07) is 65.7. The molecule has 0 unspecified atom stereocenters. The third-order valence-electron chi connectivity index (χ3n) is 9.05. The highest BCUT2D eigenvalue weighted by atomic mass is 32.3. The van der Waals surface area contributed by atoms with Crippen LogP contribution >= 0.6 is 10.0 Å². The molecule has 50 heavy (non-hydrogen) atoms. The fraction of sp³-hybridized carbons (Fsp3) is 0. The zero-order valence-electron chi connectivity index (χ0n) is 27.1. The summed E-state index contributed by atoms with van der Waals surface area (Å²) in [5.41, 5.74) is 4.39. The van der Waals surface area contributed by atoms with Crippen LogP contribution in [0.2, 0.25) is 0 Å². The van der Waals surface area contributed by atoms with Crippen molar-refractivity contribution in [1.29, 1.82) is 0 Å². The summed E-state index contributed by atoms with van der Waals surface area (Å²) >= 11 is 0. The maximum atomic E-state index is 6.26. The first-order chi connectivity index (χ1) is 24.8. The second-order valence-electron chi connectivity index (χ2n) is 12.0. The van der Waals surface area contributed by atoms with E-state index in [0.29, 0.717) is 17.5 Å². The van der Waals surface area contributed by atoms with Crippen LogP contribution in [0.15, 0.2) is 212 Å². The van der Waals surface area contributed by atoms with Crippen molar-refractivity contribution in [2.75, 3.05) is 0 Å². The number of nitrogens with zero attached hydrogens (tertiary/aromatic N) is 3. The minimum absolute atomic E-state index is 0.601. The van der Waals surface area contributed by atoms with E-state index in [1.807, 2.05) is 60.7 Å². The van der Waals surface area contributed by atoms with Gasteiger partial charge in [0.2, 0.25) is 0 Å². The first-order valence-corrected chi connectivity index (χ1v) is 18.2. The summed E-state index contributed by atoms with van der Waals surface area (Å²) in [4.78, 5) is 20.4. The van der Waals surface area contributed by atoms with Crippen LogP contribution in [0, 0.1) is 0 Å². The van der Waals surface area contributed by atoms with Crippen molar-refractivity contribution in [3.05, 3.63) is 188 Å². The molecule has 238 valence electrons. The molecule has 0 aliphatic rings. The number of furan rings is 1. The molecule has 0 spiro atoms. The fourth-order valence-corrected chi connectivity index (χ4v) is 10.7. The van der Waals surface area contributed by atoms with E-state index in [1.54, 1.807) is 0 Å². The number of rotatable bonds is 7. The minimum atomic E-state index is -1.90. The standard InChI is InChI=1S/C45H31N3OS/c1-5-17-32(18-6-1)43-46-44(48-45(47-43)39-28-16-30-41-42(39)38-27-13-14-29-40(38)49-41)33-19-15-26-37(31-33)50(34-20-7-2-8-21-34,35-22-9-3-10-23-35)36-24-11-4-12-25-36/h1-31H. The average Bonchev–Trinajstić information content (AvgIpc) is 3.59. The zero-order valence-corrected chi connectivity index (χ0v) is 27.9. The van der Waals surface area contributed by atoms with Gasteiger partial charge in [-0.25, -0.2) is 15.0 Å². The molecule has 0 aliphatic heterocycles. The van der Waals surface area contributed by atoms with Gasteiger partial charge in [0.1, 0.15) is 11.2 Å². The number of hydrogen-bond acceptors (Lipinski definition) is 4. The van der Waals surface area contributed by atoms with E-state index in [1.165, 1.54) is 19.6 Å². The minimum Gasteiger partial charge on any atom is -0.456 e. The normalized spacial score (nSPS) is 11.9. The molecule has 0 amide bonds. The second kappa shape index (κ2) is 12.6. The molecule has 2 aromatic heterocycles. The summed E-state index contributed by atoms with van der Waals surface area (Å²) in [6.07, 6.45) is 0. The highest BCUT2D eigenvalue weighted by Gasteiger charge is 2.33. The van der Waals surface area contributed by atoms with Crippen LogP contribution in [-0.2, 0) is 0 Å². The lowest BCUT2D eigenvalue weighted by molar-refractivity contribution is 0.669. The zero-order chi connectivity index (χ0) is 33.3. The Balaban J connectivity index is 1.30. The van der Waals surface area contributed by atoms with Gasteiger partial charge in [-0.05, 0) is 60.7 Å². The molecule has 0 bridgehead atoms. The number of aromatic nitrogens is 3. The molecule has 0 fully saturated rings. The van der Waals surface area contributed by atoms with Crippen LogP contribution < -0.4 is 0 Å². The largest absolute Gasteiger partial charge is 0.456 e. The maximum absolute atomic E-state index is 6.26. The van der Waals surface area contributed by atoms with Crippen LogP contribution in [0.25, 0.3) is 56.1 Å². The Morgan fingerprint density at radius 1 is 0.360 bits per heavy atom. The van der Waals surface area contributed by atoms with E-state index in [4.69, 9.17) is 19.4 Å². The highest BCUT2D eigenvalue weighted by molar-refractivity contribution is 8.34. The third-order valence-corrected chi connectivity index (χ3v) is 12.9. The molecule has 0 N–H and O–H groups in total. The van der Waals surface area contributed by atoms with Gasteiger partial charge in [-0.2, -0.15) is 0 Å². The van der Waals surface area contributed by atoms with Gasteiger partial charge in [-0.15, -0.1) is 10.0 Å². The van der Waals surface area contributed by atoms with Gasteiger partial charge < -0.3 is 4.42 Å². The Hall–Kier alpha value is -6.30. The van der Waals surface area contributed by atoms with Crippen molar-refractivity contribution in [3.8, 4) is 34.2 Å². The molecule has 7 aromatic carbocycles. The maximum Gasteiger partial charge on any atom is 0.164 e. The first kappa shape index (κ1) is 29.8. The number of para-hydroxylation sites is 1. The Morgan fingerprint density at radius 3 is 1.46 bits per heavy atom. The predicted molar refractivity (Wildman–Crippen MR) is 203 cm³/mol. The van der Waals surface area contributed by atoms with Gasteiger partial charge in [0, 0.05) is 47.0 Å². The Morgan fingerprint density at radius 2 is 0.820 bits per heavy atom. The van der Waals surface area contributed by atoms with E-state index in [0.717, 1.165) is 38.6 Å². The monoisotopic (exact) mass is 661 g/mol. The van der Waals surface area contributed by atoms with Crippen molar-refractivity contribution >= 4 is 32.0 Å². The molecule has 2 heterocycles. The first-order valence-electron chi connectivity index (χ1n) is 16.6. The molecule has 0 atom stereocenters. The lowest BCUT2D eigenvalue weighted by Crippen LogP contribution is -2.06. The van der Waals surface area contributed by atoms with E-state index in [2.05, 4.69) is 127 Å². The summed E-state index contributed by atoms with van der Waals surface area (Å²) < 4.78 is 6.26. The Bertz CT molecular complexity index is 2490. The van der Waals surface area contributed by atoms with Crippen LogP contribution in [0.3, 0.4) is 0 Å². The number of fused-ring (bicyclic) bond motifs is 3. The van der Waals surface area contributed by atoms with E-state index in [-0.39, 0.29) is 0 Å². The number of benzene rings is 7. The van der Waals surface area contributed by atoms with Crippen molar-refractivity contribution < 1.29 is 4.42 Å². The predicted octanol–water partition coefficient (Wildman–Crippen LogP) is 12.1. The van der Waals surface area contributed by atoms with Crippen molar-refractivity contribution in [2.45, 2.75) is 19.6 Å². The van der Waals surface area contributed by atoms with Gasteiger partial charge in [-0.1, -0.05) is 127 Å². The molecule has 9 rings (SSSR count). The Labute approximate surface area is 292 Å². The van der Waals surface area contributed by atoms with Gasteiger partial charge in [0.15, 0.2) is 17.5 Å². The van der Waals surface area contributed by atoms with E-state index < -0.39 is 10.0 Å². The SMILES string of the molecule is c1ccc(-c2nc(-c3cccc(S(c4ccccc4)(c4ccccc4)c4ccccc4)c3)nc(-c3cccc4oc5ccccc5c34)n2)cc1. The van der Waals surface area contributed by atoms with Crippen molar-refractivity contribution in [1.82, 2.24) is 15.0 Å². The molecule has 0 radical (unpaired) electrons. The Kier molecular flexibility index (Phi) is 7.52. The van der Waals surface area contributed by atoms with E-state index >= 15 is 0 Å². The lowest BCUT2D eigenvalue weighted by Gasteiger charge is -2.42. The smallest absolute Gasteiger partial charge is 0.164 e. The van der Waals surface area contributed by atoms with E-state index in [9.17, 15) is 0 Å².